The molecule has 32 heavy (non-hydrogen) atoms. The molecule has 0 saturated carbocycles. The quantitative estimate of drug-likeness (QED) is 0.479. The third-order valence-corrected chi connectivity index (χ3v) is 6.18. The third-order valence-electron chi connectivity index (χ3n) is 6.18. The molecule has 1 atom stereocenters. The zero-order valence-electron chi connectivity index (χ0n) is 21.0. The molecule has 176 valence electrons. The molecule has 0 radical (unpaired) electrons. The highest BCUT2D eigenvalue weighted by atomic mass is 19.1. The first-order chi connectivity index (χ1) is 15.3. The van der Waals surface area contributed by atoms with Gasteiger partial charge in [0.05, 0.1) is 0 Å². The van der Waals surface area contributed by atoms with Gasteiger partial charge in [-0.2, -0.15) is 0 Å². The highest BCUT2D eigenvalue weighted by molar-refractivity contribution is 6.02. The van der Waals surface area contributed by atoms with Crippen molar-refractivity contribution in [3.05, 3.63) is 70.8 Å². The van der Waals surface area contributed by atoms with E-state index in [-0.39, 0.29) is 5.41 Å². The second-order valence-corrected chi connectivity index (χ2v) is 8.49. The van der Waals surface area contributed by atoms with Gasteiger partial charge in [-0.3, -0.25) is 9.79 Å². The molecular weight excluding hydrogens is 399 g/mol. The van der Waals surface area contributed by atoms with Crippen LogP contribution in [-0.2, 0) is 13.0 Å². The van der Waals surface area contributed by atoms with Crippen LogP contribution in [0.4, 0.5) is 4.39 Å². The van der Waals surface area contributed by atoms with Crippen LogP contribution in [0.1, 0.15) is 81.4 Å². The summed E-state index contributed by atoms with van der Waals surface area (Å²) in [5, 5.41) is 3.14. The lowest BCUT2D eigenvalue weighted by Gasteiger charge is -2.36. The standard InChI is InChI=1S/C17H25FN2.C9H10O.C2H6/c1-5-17(16(2,3)18)10-15(20-12-17)14-8-6-13(7-9-14)11-19-4;1-2-8-4-3-5-9(6-8)7-10;1-2/h6-9,19H,5,10-12H2,1-4H3;3-7H,2H2,1H3;1-2H3. The van der Waals surface area contributed by atoms with Crippen molar-refractivity contribution < 1.29 is 9.18 Å². The fraction of sp³-hybridized carbons (Fsp3) is 0.500. The van der Waals surface area contributed by atoms with Crippen LogP contribution in [0.3, 0.4) is 0 Å². The molecule has 3 nitrogen and oxygen atoms in total. The van der Waals surface area contributed by atoms with Crippen LogP contribution in [0.15, 0.2) is 53.5 Å². The predicted molar refractivity (Wildman–Crippen MR) is 136 cm³/mol. The molecule has 1 N–H and O–H groups in total. The molecule has 0 spiro atoms. The van der Waals surface area contributed by atoms with Gasteiger partial charge in [0.2, 0.25) is 0 Å². The van der Waals surface area contributed by atoms with Gasteiger partial charge in [0.25, 0.3) is 0 Å². The molecule has 0 aromatic heterocycles. The van der Waals surface area contributed by atoms with Gasteiger partial charge in [-0.15, -0.1) is 0 Å². The Hall–Kier alpha value is -2.33. The maximum absolute atomic E-state index is 14.5. The van der Waals surface area contributed by atoms with Crippen molar-refractivity contribution in [2.45, 2.75) is 73.0 Å². The van der Waals surface area contributed by atoms with Crippen LogP contribution < -0.4 is 5.32 Å². The molecular formula is C28H41FN2O. The number of halogens is 1. The van der Waals surface area contributed by atoms with Crippen molar-refractivity contribution in [2.75, 3.05) is 13.6 Å². The van der Waals surface area contributed by atoms with Crippen molar-refractivity contribution in [3.63, 3.8) is 0 Å². The van der Waals surface area contributed by atoms with Crippen molar-refractivity contribution in [1.82, 2.24) is 5.32 Å². The van der Waals surface area contributed by atoms with E-state index >= 15 is 0 Å². The minimum Gasteiger partial charge on any atom is -0.316 e. The Morgan fingerprint density at radius 1 is 1.09 bits per heavy atom. The normalized spacial score (nSPS) is 17.4. The second kappa shape index (κ2) is 13.3. The Labute approximate surface area is 194 Å². The molecule has 3 rings (SSSR count). The van der Waals surface area contributed by atoms with Gasteiger partial charge >= 0.3 is 0 Å². The van der Waals surface area contributed by atoms with Crippen LogP contribution in [0.2, 0.25) is 0 Å². The molecule has 2 aromatic rings. The maximum Gasteiger partial charge on any atom is 0.150 e. The van der Waals surface area contributed by atoms with E-state index in [4.69, 9.17) is 0 Å². The molecule has 0 amide bonds. The van der Waals surface area contributed by atoms with Crippen LogP contribution in [0, 0.1) is 5.41 Å². The number of nitrogens with zero attached hydrogens (tertiary/aromatic N) is 1. The van der Waals surface area contributed by atoms with Gasteiger partial charge in [-0.05, 0) is 56.5 Å². The average Bonchev–Trinajstić information content (AvgIpc) is 3.28. The maximum atomic E-state index is 14.5. The van der Waals surface area contributed by atoms with E-state index in [1.807, 2.05) is 45.2 Å². The average molecular weight is 441 g/mol. The number of hydrogen-bond donors (Lipinski definition) is 1. The Morgan fingerprint density at radius 2 is 1.75 bits per heavy atom. The number of rotatable bonds is 7. The van der Waals surface area contributed by atoms with Crippen molar-refractivity contribution in [1.29, 1.82) is 0 Å². The topological polar surface area (TPSA) is 41.5 Å². The van der Waals surface area contributed by atoms with E-state index in [1.165, 1.54) is 11.1 Å². The zero-order valence-corrected chi connectivity index (χ0v) is 21.0. The fourth-order valence-corrected chi connectivity index (χ4v) is 3.83. The summed E-state index contributed by atoms with van der Waals surface area (Å²) in [5.41, 5.74) is 3.87. The zero-order chi connectivity index (χ0) is 24.2. The Kier molecular flexibility index (Phi) is 11.5. The van der Waals surface area contributed by atoms with Gasteiger partial charge in [0.1, 0.15) is 12.0 Å². The van der Waals surface area contributed by atoms with Crippen LogP contribution >= 0.6 is 0 Å². The number of nitrogens with one attached hydrogen (secondary N) is 1. The number of aryl methyl sites for hydroxylation is 1. The lowest BCUT2D eigenvalue weighted by Crippen LogP contribution is -2.40. The molecule has 1 unspecified atom stereocenters. The summed E-state index contributed by atoms with van der Waals surface area (Å²) < 4.78 is 14.5. The van der Waals surface area contributed by atoms with Gasteiger partial charge < -0.3 is 5.32 Å². The SMILES string of the molecule is CC.CCC1(C(C)(C)F)CN=C(c2ccc(CNC)cc2)C1.CCc1cccc(C=O)c1. The van der Waals surface area contributed by atoms with E-state index in [1.54, 1.807) is 13.8 Å². The largest absolute Gasteiger partial charge is 0.316 e. The first kappa shape index (κ1) is 27.7. The van der Waals surface area contributed by atoms with Crippen LogP contribution in [0.25, 0.3) is 0 Å². The summed E-state index contributed by atoms with van der Waals surface area (Å²) in [4.78, 5) is 14.9. The van der Waals surface area contributed by atoms with Gasteiger partial charge in [-0.1, -0.05) is 70.2 Å². The number of hydrogen-bond acceptors (Lipinski definition) is 3. The number of alkyl halides is 1. The summed E-state index contributed by atoms with van der Waals surface area (Å²) in [6.07, 6.45) is 3.42. The van der Waals surface area contributed by atoms with Gasteiger partial charge in [-0.25, -0.2) is 4.39 Å². The summed E-state index contributed by atoms with van der Waals surface area (Å²) in [6, 6.07) is 16.1. The summed E-state index contributed by atoms with van der Waals surface area (Å²) in [5.74, 6) is 0. The molecule has 4 heteroatoms. The summed E-state index contributed by atoms with van der Waals surface area (Å²) >= 11 is 0. The minimum absolute atomic E-state index is 0.341. The van der Waals surface area contributed by atoms with Gasteiger partial charge in [0, 0.05) is 36.2 Å². The Bertz CT molecular complexity index is 852. The molecule has 1 aliphatic rings. The number of aldehydes is 1. The first-order valence-corrected chi connectivity index (χ1v) is 11.8. The smallest absolute Gasteiger partial charge is 0.150 e. The highest BCUT2D eigenvalue weighted by Gasteiger charge is 2.47. The van der Waals surface area contributed by atoms with E-state index in [9.17, 15) is 9.18 Å². The highest BCUT2D eigenvalue weighted by Crippen LogP contribution is 2.45. The second-order valence-electron chi connectivity index (χ2n) is 8.49. The van der Waals surface area contributed by atoms with Crippen molar-refractivity contribution >= 4 is 12.0 Å². The third kappa shape index (κ3) is 7.37. The Morgan fingerprint density at radius 3 is 2.22 bits per heavy atom. The molecule has 2 aromatic carbocycles. The first-order valence-electron chi connectivity index (χ1n) is 11.8. The van der Waals surface area contributed by atoms with E-state index in [0.29, 0.717) is 6.54 Å². The predicted octanol–water partition coefficient (Wildman–Crippen LogP) is 6.83. The van der Waals surface area contributed by atoms with E-state index in [2.05, 4.69) is 48.4 Å². The monoisotopic (exact) mass is 440 g/mol. The minimum atomic E-state index is -1.20. The molecule has 0 aliphatic carbocycles. The molecule has 1 aliphatic heterocycles. The number of carbonyl (C=O) groups excluding carboxylic acids is 1. The molecule has 1 heterocycles. The number of benzene rings is 2. The lowest BCUT2D eigenvalue weighted by molar-refractivity contribution is 0.0377. The van der Waals surface area contributed by atoms with Crippen LogP contribution in [0.5, 0.6) is 0 Å². The van der Waals surface area contributed by atoms with Crippen molar-refractivity contribution in [3.8, 4) is 0 Å². The summed E-state index contributed by atoms with van der Waals surface area (Å²) in [6.45, 7) is 13.0. The molecule has 0 fully saturated rings. The summed E-state index contributed by atoms with van der Waals surface area (Å²) in [7, 11) is 1.94. The fourth-order valence-electron chi connectivity index (χ4n) is 3.83. The lowest BCUT2D eigenvalue weighted by atomic mass is 9.70. The Balaban J connectivity index is 0.000000358. The van der Waals surface area contributed by atoms with Crippen LogP contribution in [-0.4, -0.2) is 31.3 Å². The van der Waals surface area contributed by atoms with E-state index in [0.717, 1.165) is 48.9 Å². The van der Waals surface area contributed by atoms with E-state index < -0.39 is 5.67 Å². The number of carbonyl (C=O) groups is 1. The molecule has 0 bridgehead atoms. The van der Waals surface area contributed by atoms with Gasteiger partial charge in [0.15, 0.2) is 0 Å². The van der Waals surface area contributed by atoms with Crippen molar-refractivity contribution in [2.24, 2.45) is 10.4 Å². The number of aliphatic imine (C=N–C) groups is 1. The molecule has 0 saturated heterocycles.